The highest BCUT2D eigenvalue weighted by Gasteiger charge is 2.21. The van der Waals surface area contributed by atoms with Gasteiger partial charge in [0.2, 0.25) is 0 Å². The van der Waals surface area contributed by atoms with E-state index in [1.807, 2.05) is 24.3 Å². The lowest BCUT2D eigenvalue weighted by atomic mass is 9.89. The Hall–Kier alpha value is -2.07. The summed E-state index contributed by atoms with van der Waals surface area (Å²) in [5.74, 6) is -0.956. The van der Waals surface area contributed by atoms with E-state index >= 15 is 0 Å². The highest BCUT2D eigenvalue weighted by molar-refractivity contribution is 6.30. The first-order chi connectivity index (χ1) is 10.1. The predicted octanol–water partition coefficient (Wildman–Crippen LogP) is 4.06. The first-order valence-corrected chi connectivity index (χ1v) is 7.29. The SMILES string of the molecule is O=C(O)c1ncc(Nc2cccc(Cl)c2)c2c1CCCC2. The van der Waals surface area contributed by atoms with Crippen molar-refractivity contribution in [2.24, 2.45) is 0 Å². The molecule has 0 amide bonds. The molecule has 4 nitrogen and oxygen atoms in total. The molecule has 0 unspecified atom stereocenters. The molecule has 0 fully saturated rings. The van der Waals surface area contributed by atoms with E-state index in [-0.39, 0.29) is 5.69 Å². The number of aromatic nitrogens is 1. The number of rotatable bonds is 3. The van der Waals surface area contributed by atoms with Gasteiger partial charge in [-0.1, -0.05) is 17.7 Å². The molecule has 3 rings (SSSR count). The van der Waals surface area contributed by atoms with Crippen LogP contribution in [0.15, 0.2) is 30.5 Å². The van der Waals surface area contributed by atoms with Crippen molar-refractivity contribution in [1.29, 1.82) is 0 Å². The minimum absolute atomic E-state index is 0.182. The maximum atomic E-state index is 11.3. The minimum Gasteiger partial charge on any atom is -0.477 e. The Balaban J connectivity index is 2.01. The van der Waals surface area contributed by atoms with Gasteiger partial charge >= 0.3 is 5.97 Å². The van der Waals surface area contributed by atoms with Crippen LogP contribution in [0, 0.1) is 0 Å². The third-order valence-electron chi connectivity index (χ3n) is 3.71. The number of anilines is 2. The Morgan fingerprint density at radius 3 is 2.71 bits per heavy atom. The number of carbonyl (C=O) groups is 1. The van der Waals surface area contributed by atoms with Crippen molar-refractivity contribution < 1.29 is 9.90 Å². The van der Waals surface area contributed by atoms with Gasteiger partial charge < -0.3 is 10.4 Å². The van der Waals surface area contributed by atoms with Crippen molar-refractivity contribution in [3.63, 3.8) is 0 Å². The highest BCUT2D eigenvalue weighted by atomic mass is 35.5. The Morgan fingerprint density at radius 1 is 1.24 bits per heavy atom. The van der Waals surface area contributed by atoms with Crippen molar-refractivity contribution in [2.45, 2.75) is 25.7 Å². The Morgan fingerprint density at radius 2 is 2.00 bits per heavy atom. The number of benzene rings is 1. The van der Waals surface area contributed by atoms with Crippen LogP contribution in [-0.2, 0) is 12.8 Å². The first kappa shape index (κ1) is 13.9. The average molecular weight is 303 g/mol. The summed E-state index contributed by atoms with van der Waals surface area (Å²) in [5.41, 5.74) is 3.85. The summed E-state index contributed by atoms with van der Waals surface area (Å²) in [4.78, 5) is 15.4. The van der Waals surface area contributed by atoms with Crippen LogP contribution in [0.2, 0.25) is 5.02 Å². The van der Waals surface area contributed by atoms with Crippen molar-refractivity contribution in [3.05, 3.63) is 52.3 Å². The summed E-state index contributed by atoms with van der Waals surface area (Å²) in [6.07, 6.45) is 5.33. The zero-order chi connectivity index (χ0) is 14.8. The number of nitrogens with zero attached hydrogens (tertiary/aromatic N) is 1. The summed E-state index contributed by atoms with van der Waals surface area (Å²) in [7, 11) is 0. The molecule has 0 aliphatic heterocycles. The standard InChI is InChI=1S/C16H15ClN2O2/c17-10-4-3-5-11(8-10)19-14-9-18-15(16(20)21)13-7-2-1-6-12(13)14/h3-5,8-9,19H,1-2,6-7H2,(H,20,21). The van der Waals surface area contributed by atoms with Gasteiger partial charge in [0.05, 0.1) is 11.9 Å². The third kappa shape index (κ3) is 2.85. The molecule has 21 heavy (non-hydrogen) atoms. The minimum atomic E-state index is -0.956. The largest absolute Gasteiger partial charge is 0.477 e. The van der Waals surface area contributed by atoms with E-state index in [4.69, 9.17) is 11.6 Å². The average Bonchev–Trinajstić information content (AvgIpc) is 2.47. The summed E-state index contributed by atoms with van der Waals surface area (Å²) < 4.78 is 0. The molecule has 0 saturated heterocycles. The van der Waals surface area contributed by atoms with Gasteiger partial charge in [-0.2, -0.15) is 0 Å². The molecule has 5 heteroatoms. The lowest BCUT2D eigenvalue weighted by molar-refractivity contribution is 0.0689. The molecular weight excluding hydrogens is 288 g/mol. The van der Waals surface area contributed by atoms with Crippen LogP contribution < -0.4 is 5.32 Å². The van der Waals surface area contributed by atoms with Crippen LogP contribution >= 0.6 is 11.6 Å². The van der Waals surface area contributed by atoms with Gasteiger partial charge in [-0.05, 0) is 55.0 Å². The topological polar surface area (TPSA) is 62.2 Å². The van der Waals surface area contributed by atoms with Gasteiger partial charge in [0.25, 0.3) is 0 Å². The molecule has 0 bridgehead atoms. The molecular formula is C16H15ClN2O2. The molecule has 1 aliphatic rings. The smallest absolute Gasteiger partial charge is 0.354 e. The first-order valence-electron chi connectivity index (χ1n) is 6.92. The van der Waals surface area contributed by atoms with Gasteiger partial charge in [-0.25, -0.2) is 9.78 Å². The normalized spacial score (nSPS) is 13.6. The van der Waals surface area contributed by atoms with Gasteiger partial charge in [0.1, 0.15) is 0 Å². The lowest BCUT2D eigenvalue weighted by Gasteiger charge is -2.21. The number of carboxylic acid groups (broad SMARTS) is 1. The zero-order valence-corrected chi connectivity index (χ0v) is 12.2. The van der Waals surface area contributed by atoms with E-state index in [9.17, 15) is 9.90 Å². The summed E-state index contributed by atoms with van der Waals surface area (Å²) >= 11 is 5.99. The second-order valence-electron chi connectivity index (χ2n) is 5.13. The quantitative estimate of drug-likeness (QED) is 0.897. The monoisotopic (exact) mass is 302 g/mol. The molecule has 2 N–H and O–H groups in total. The van der Waals surface area contributed by atoms with E-state index in [0.717, 1.165) is 48.2 Å². The number of carboxylic acids is 1. The van der Waals surface area contributed by atoms with Gasteiger partial charge in [-0.3, -0.25) is 0 Å². The van der Waals surface area contributed by atoms with Gasteiger partial charge in [0, 0.05) is 10.7 Å². The molecule has 0 radical (unpaired) electrons. The maximum Gasteiger partial charge on any atom is 0.354 e. The summed E-state index contributed by atoms with van der Waals surface area (Å²) in [6, 6.07) is 7.44. The van der Waals surface area contributed by atoms with Crippen molar-refractivity contribution in [2.75, 3.05) is 5.32 Å². The molecule has 2 aromatic rings. The number of aromatic carboxylic acids is 1. The van der Waals surface area contributed by atoms with E-state index < -0.39 is 5.97 Å². The molecule has 1 aromatic carbocycles. The van der Waals surface area contributed by atoms with Crippen molar-refractivity contribution >= 4 is 28.9 Å². The van der Waals surface area contributed by atoms with Crippen LogP contribution in [0.1, 0.15) is 34.5 Å². The van der Waals surface area contributed by atoms with Crippen LogP contribution in [0.5, 0.6) is 0 Å². The molecule has 0 saturated carbocycles. The van der Waals surface area contributed by atoms with Crippen molar-refractivity contribution in [1.82, 2.24) is 4.98 Å². The van der Waals surface area contributed by atoms with Crippen LogP contribution in [0.25, 0.3) is 0 Å². The second kappa shape index (κ2) is 5.74. The number of hydrogen-bond acceptors (Lipinski definition) is 3. The molecule has 1 heterocycles. The van der Waals surface area contributed by atoms with E-state index in [0.29, 0.717) is 5.02 Å². The van der Waals surface area contributed by atoms with E-state index in [1.54, 1.807) is 6.20 Å². The van der Waals surface area contributed by atoms with Crippen LogP contribution in [0.3, 0.4) is 0 Å². The number of hydrogen-bond donors (Lipinski definition) is 2. The van der Waals surface area contributed by atoms with E-state index in [1.165, 1.54) is 0 Å². The number of halogens is 1. The Labute approximate surface area is 127 Å². The molecule has 0 spiro atoms. The molecule has 1 aliphatic carbocycles. The molecule has 0 atom stereocenters. The number of fused-ring (bicyclic) bond motifs is 1. The summed E-state index contributed by atoms with van der Waals surface area (Å²) in [5, 5.41) is 13.2. The van der Waals surface area contributed by atoms with Gasteiger partial charge in [-0.15, -0.1) is 0 Å². The predicted molar refractivity (Wildman–Crippen MR) is 82.6 cm³/mol. The van der Waals surface area contributed by atoms with Crippen LogP contribution in [0.4, 0.5) is 11.4 Å². The lowest BCUT2D eigenvalue weighted by Crippen LogP contribution is -2.14. The van der Waals surface area contributed by atoms with E-state index in [2.05, 4.69) is 10.3 Å². The summed E-state index contributed by atoms with van der Waals surface area (Å²) in [6.45, 7) is 0. The maximum absolute atomic E-state index is 11.3. The number of pyridine rings is 1. The number of nitrogens with one attached hydrogen (secondary N) is 1. The third-order valence-corrected chi connectivity index (χ3v) is 3.94. The van der Waals surface area contributed by atoms with Crippen LogP contribution in [-0.4, -0.2) is 16.1 Å². The second-order valence-corrected chi connectivity index (χ2v) is 5.56. The zero-order valence-electron chi connectivity index (χ0n) is 11.4. The Kier molecular flexibility index (Phi) is 3.80. The molecule has 108 valence electrons. The van der Waals surface area contributed by atoms with Crippen molar-refractivity contribution in [3.8, 4) is 0 Å². The van der Waals surface area contributed by atoms with Gasteiger partial charge in [0.15, 0.2) is 5.69 Å². The highest BCUT2D eigenvalue weighted by Crippen LogP contribution is 2.31. The molecule has 1 aromatic heterocycles. The fraction of sp³-hybridized carbons (Fsp3) is 0.250. The fourth-order valence-electron chi connectivity index (χ4n) is 2.76. The Bertz CT molecular complexity index is 701. The fourth-order valence-corrected chi connectivity index (χ4v) is 2.95.